The minimum absolute atomic E-state index is 0.0841. The van der Waals surface area contributed by atoms with Gasteiger partial charge in [0.2, 0.25) is 0 Å². The number of hydrogen-bond acceptors (Lipinski definition) is 3. The normalized spacial score (nSPS) is 14.3. The smallest absolute Gasteiger partial charge is 0.254 e. The molecule has 0 spiro atoms. The van der Waals surface area contributed by atoms with Crippen molar-refractivity contribution in [2.45, 2.75) is 26.2 Å². The van der Waals surface area contributed by atoms with Crippen molar-refractivity contribution in [3.8, 4) is 17.0 Å². The zero-order valence-electron chi connectivity index (χ0n) is 19.9. The Hall–Kier alpha value is -3.18. The van der Waals surface area contributed by atoms with E-state index in [1.165, 1.54) is 5.56 Å². The molecule has 4 nitrogen and oxygen atoms in total. The van der Waals surface area contributed by atoms with Gasteiger partial charge in [0.1, 0.15) is 5.75 Å². The Bertz CT molecular complexity index is 1310. The maximum absolute atomic E-state index is 13.8. The summed E-state index contributed by atoms with van der Waals surface area (Å²) >= 11 is 3.57. The molecule has 1 aliphatic heterocycles. The number of benzene rings is 3. The van der Waals surface area contributed by atoms with Crippen molar-refractivity contribution in [1.82, 2.24) is 9.88 Å². The molecule has 0 aliphatic carbocycles. The summed E-state index contributed by atoms with van der Waals surface area (Å²) in [4.78, 5) is 20.7. The first-order valence-corrected chi connectivity index (χ1v) is 13.1. The molecule has 4 aromatic rings. The monoisotopic (exact) mass is 528 g/mol. The number of rotatable bonds is 6. The highest BCUT2D eigenvalue weighted by atomic mass is 79.9. The molecule has 0 unspecified atom stereocenters. The number of amides is 1. The average Bonchev–Trinajstić information content (AvgIpc) is 2.89. The van der Waals surface area contributed by atoms with Gasteiger partial charge in [-0.2, -0.15) is 0 Å². The molecule has 1 aliphatic rings. The highest BCUT2D eigenvalue weighted by Gasteiger charge is 2.25. The third kappa shape index (κ3) is 5.40. The summed E-state index contributed by atoms with van der Waals surface area (Å²) in [6.07, 6.45) is 3.13. The van der Waals surface area contributed by atoms with Gasteiger partial charge in [-0.15, -0.1) is 0 Å². The summed E-state index contributed by atoms with van der Waals surface area (Å²) < 4.78 is 6.52. The van der Waals surface area contributed by atoms with Crippen LogP contribution in [-0.2, 0) is 6.42 Å². The number of ether oxygens (including phenoxy) is 1. The molecule has 1 aromatic heterocycles. The standard InChI is InChI=1S/C30H29BrN2O2/c1-2-35-25-11-8-23(9-12-25)29-20-27(26-19-24(31)10-13-28(26)32-29)30(34)33-16-14-22(15-17-33)18-21-6-4-3-5-7-21/h3-13,19-20,22H,2,14-18H2,1H3. The van der Waals surface area contributed by atoms with E-state index in [0.717, 1.165) is 64.7 Å². The van der Waals surface area contributed by atoms with Crippen LogP contribution in [0.2, 0.25) is 0 Å². The van der Waals surface area contributed by atoms with Crippen LogP contribution in [0.5, 0.6) is 5.75 Å². The summed E-state index contributed by atoms with van der Waals surface area (Å²) in [7, 11) is 0. The first-order valence-electron chi connectivity index (χ1n) is 12.3. The van der Waals surface area contributed by atoms with E-state index in [1.54, 1.807) is 0 Å². The van der Waals surface area contributed by atoms with Crippen molar-refractivity contribution in [2.24, 2.45) is 5.92 Å². The van der Waals surface area contributed by atoms with E-state index in [1.807, 2.05) is 60.4 Å². The first kappa shape index (κ1) is 23.6. The minimum Gasteiger partial charge on any atom is -0.494 e. The lowest BCUT2D eigenvalue weighted by atomic mass is 9.90. The molecular weight excluding hydrogens is 500 g/mol. The van der Waals surface area contributed by atoms with Gasteiger partial charge < -0.3 is 9.64 Å². The molecule has 2 heterocycles. The van der Waals surface area contributed by atoms with Gasteiger partial charge >= 0.3 is 0 Å². The summed E-state index contributed by atoms with van der Waals surface area (Å²) in [6.45, 7) is 4.17. The number of pyridine rings is 1. The minimum atomic E-state index is 0.0841. The van der Waals surface area contributed by atoms with Gasteiger partial charge in [0, 0.05) is 28.5 Å². The van der Waals surface area contributed by atoms with Crippen LogP contribution in [0.3, 0.4) is 0 Å². The molecule has 0 bridgehead atoms. The molecule has 0 atom stereocenters. The highest BCUT2D eigenvalue weighted by molar-refractivity contribution is 9.10. The number of aromatic nitrogens is 1. The van der Waals surface area contributed by atoms with Gasteiger partial charge in [0.15, 0.2) is 0 Å². The molecular formula is C30H29BrN2O2. The van der Waals surface area contributed by atoms with Gasteiger partial charge in [-0.25, -0.2) is 4.98 Å². The molecule has 1 fully saturated rings. The van der Waals surface area contributed by atoms with E-state index < -0.39 is 0 Å². The molecule has 0 radical (unpaired) electrons. The van der Waals surface area contributed by atoms with Crippen molar-refractivity contribution in [1.29, 1.82) is 0 Å². The van der Waals surface area contributed by atoms with Gasteiger partial charge in [-0.3, -0.25) is 4.79 Å². The number of piperidine rings is 1. The predicted molar refractivity (Wildman–Crippen MR) is 145 cm³/mol. The molecule has 0 N–H and O–H groups in total. The molecule has 178 valence electrons. The van der Waals surface area contributed by atoms with Gasteiger partial charge in [-0.05, 0) is 86.2 Å². The van der Waals surface area contributed by atoms with Crippen LogP contribution in [-0.4, -0.2) is 35.5 Å². The van der Waals surface area contributed by atoms with Crippen molar-refractivity contribution in [3.05, 3.63) is 94.5 Å². The third-order valence-corrected chi connectivity index (χ3v) is 7.22. The lowest BCUT2D eigenvalue weighted by Gasteiger charge is -2.32. The van der Waals surface area contributed by atoms with E-state index in [4.69, 9.17) is 9.72 Å². The van der Waals surface area contributed by atoms with Crippen LogP contribution in [0.25, 0.3) is 22.2 Å². The Morgan fingerprint density at radius 3 is 2.46 bits per heavy atom. The molecule has 3 aromatic carbocycles. The second-order valence-corrected chi connectivity index (χ2v) is 10.0. The van der Waals surface area contributed by atoms with Crippen LogP contribution in [0.15, 0.2) is 83.3 Å². The second kappa shape index (κ2) is 10.6. The van der Waals surface area contributed by atoms with E-state index in [-0.39, 0.29) is 5.91 Å². The van der Waals surface area contributed by atoms with Gasteiger partial charge in [0.05, 0.1) is 23.4 Å². The lowest BCUT2D eigenvalue weighted by molar-refractivity contribution is 0.0692. The van der Waals surface area contributed by atoms with Crippen molar-refractivity contribution in [3.63, 3.8) is 0 Å². The summed E-state index contributed by atoms with van der Waals surface area (Å²) in [5.74, 6) is 1.53. The fourth-order valence-electron chi connectivity index (χ4n) is 4.87. The van der Waals surface area contributed by atoms with Crippen LogP contribution in [0, 0.1) is 5.92 Å². The topological polar surface area (TPSA) is 42.4 Å². The largest absolute Gasteiger partial charge is 0.494 e. The molecule has 1 amide bonds. The Morgan fingerprint density at radius 1 is 1.00 bits per heavy atom. The maximum Gasteiger partial charge on any atom is 0.254 e. The third-order valence-electron chi connectivity index (χ3n) is 6.73. The fraction of sp³-hybridized carbons (Fsp3) is 0.267. The number of halogens is 1. The number of fused-ring (bicyclic) bond motifs is 1. The quantitative estimate of drug-likeness (QED) is 0.266. The molecule has 5 rings (SSSR count). The van der Waals surface area contributed by atoms with Crippen LogP contribution in [0.1, 0.15) is 35.7 Å². The van der Waals surface area contributed by atoms with E-state index >= 15 is 0 Å². The Balaban J connectivity index is 1.40. The Morgan fingerprint density at radius 2 is 1.74 bits per heavy atom. The van der Waals surface area contributed by atoms with Crippen molar-refractivity contribution >= 4 is 32.7 Å². The van der Waals surface area contributed by atoms with E-state index in [0.29, 0.717) is 18.1 Å². The summed E-state index contributed by atoms with van der Waals surface area (Å²) in [5.41, 5.74) is 4.67. The molecule has 0 saturated carbocycles. The number of carbonyl (C=O) groups is 1. The Labute approximate surface area is 215 Å². The number of carbonyl (C=O) groups excluding carboxylic acids is 1. The Kier molecular flexibility index (Phi) is 7.14. The lowest BCUT2D eigenvalue weighted by Crippen LogP contribution is -2.39. The predicted octanol–water partition coefficient (Wildman–Crippen LogP) is 7.16. The first-order chi connectivity index (χ1) is 17.1. The fourth-order valence-corrected chi connectivity index (χ4v) is 5.23. The zero-order valence-corrected chi connectivity index (χ0v) is 21.5. The van der Waals surface area contributed by atoms with Crippen molar-refractivity contribution in [2.75, 3.05) is 19.7 Å². The average molecular weight is 529 g/mol. The number of likely N-dealkylation sites (tertiary alicyclic amines) is 1. The highest BCUT2D eigenvalue weighted by Crippen LogP contribution is 2.30. The zero-order chi connectivity index (χ0) is 24.2. The van der Waals surface area contributed by atoms with Crippen LogP contribution < -0.4 is 4.74 Å². The maximum atomic E-state index is 13.8. The number of hydrogen-bond donors (Lipinski definition) is 0. The SMILES string of the molecule is CCOc1ccc(-c2cc(C(=O)N3CCC(Cc4ccccc4)CC3)c3cc(Br)ccc3n2)cc1. The van der Waals surface area contributed by atoms with Crippen LogP contribution in [0.4, 0.5) is 0 Å². The van der Waals surface area contributed by atoms with Gasteiger partial charge in [-0.1, -0.05) is 46.3 Å². The van der Waals surface area contributed by atoms with E-state index in [2.05, 4.69) is 46.3 Å². The van der Waals surface area contributed by atoms with E-state index in [9.17, 15) is 4.79 Å². The molecule has 35 heavy (non-hydrogen) atoms. The molecule has 5 heteroatoms. The molecule has 1 saturated heterocycles. The summed E-state index contributed by atoms with van der Waals surface area (Å²) in [5, 5.41) is 0.880. The summed E-state index contributed by atoms with van der Waals surface area (Å²) in [6, 6.07) is 26.4. The number of nitrogens with zero attached hydrogens (tertiary/aromatic N) is 2. The van der Waals surface area contributed by atoms with Gasteiger partial charge in [0.25, 0.3) is 5.91 Å². The van der Waals surface area contributed by atoms with Crippen molar-refractivity contribution < 1.29 is 9.53 Å². The van der Waals surface area contributed by atoms with Crippen LogP contribution >= 0.6 is 15.9 Å². The second-order valence-electron chi connectivity index (χ2n) is 9.10.